The van der Waals surface area contributed by atoms with Crippen LogP contribution in [0.25, 0.3) is 11.0 Å². The second kappa shape index (κ2) is 4.72. The molecule has 0 amide bonds. The number of hydrogen-bond donors (Lipinski definition) is 2. The first-order valence-corrected chi connectivity index (χ1v) is 7.05. The van der Waals surface area contributed by atoms with Crippen molar-refractivity contribution in [3.63, 3.8) is 0 Å². The highest BCUT2D eigenvalue weighted by molar-refractivity contribution is 9.10. The molecule has 6 heteroatoms. The molecule has 0 radical (unpaired) electrons. The summed E-state index contributed by atoms with van der Waals surface area (Å²) in [6.07, 6.45) is 2.07. The smallest absolute Gasteiger partial charge is 0.323 e. The van der Waals surface area contributed by atoms with Crippen LogP contribution in [0.3, 0.4) is 0 Å². The molecule has 2 N–H and O–H groups in total. The number of alkyl halides is 1. The first-order valence-electron chi connectivity index (χ1n) is 5.82. The Balaban J connectivity index is 2.04. The highest BCUT2D eigenvalue weighted by Gasteiger charge is 2.27. The van der Waals surface area contributed by atoms with Crippen LogP contribution >= 0.6 is 27.5 Å². The van der Waals surface area contributed by atoms with E-state index < -0.39 is 0 Å². The summed E-state index contributed by atoms with van der Waals surface area (Å²) >= 11 is 9.97. The summed E-state index contributed by atoms with van der Waals surface area (Å²) in [4.78, 5) is 16.7. The Bertz CT molecular complexity index is 631. The van der Waals surface area contributed by atoms with Gasteiger partial charge >= 0.3 is 5.69 Å². The molecule has 1 aromatic carbocycles. The van der Waals surface area contributed by atoms with E-state index in [1.165, 1.54) is 0 Å². The highest BCUT2D eigenvalue weighted by Crippen LogP contribution is 2.37. The van der Waals surface area contributed by atoms with Crippen LogP contribution in [0, 0.1) is 0 Å². The van der Waals surface area contributed by atoms with Crippen molar-refractivity contribution in [1.82, 2.24) is 9.97 Å². The van der Waals surface area contributed by atoms with Gasteiger partial charge in [-0.1, -0.05) is 15.9 Å². The largest absolute Gasteiger partial charge is 0.376 e. The minimum atomic E-state index is -0.211. The number of halogens is 2. The van der Waals surface area contributed by atoms with Gasteiger partial charge in [0.25, 0.3) is 0 Å². The van der Waals surface area contributed by atoms with Crippen LogP contribution < -0.4 is 5.69 Å². The minimum absolute atomic E-state index is 0.0473. The molecule has 0 aliphatic carbocycles. The maximum Gasteiger partial charge on any atom is 0.323 e. The van der Waals surface area contributed by atoms with Gasteiger partial charge in [0.2, 0.25) is 0 Å². The lowest BCUT2D eigenvalue weighted by Crippen LogP contribution is -2.13. The molecule has 2 heterocycles. The summed E-state index contributed by atoms with van der Waals surface area (Å²) in [6.45, 7) is 0.773. The molecular weight excluding hydrogens is 320 g/mol. The number of aromatic nitrogens is 2. The minimum Gasteiger partial charge on any atom is -0.376 e. The molecule has 2 unspecified atom stereocenters. The second-order valence-electron chi connectivity index (χ2n) is 4.45. The molecule has 0 bridgehead atoms. The first-order chi connectivity index (χ1) is 8.65. The van der Waals surface area contributed by atoms with E-state index >= 15 is 0 Å². The summed E-state index contributed by atoms with van der Waals surface area (Å²) < 4.78 is 6.50. The fraction of sp³-hybridized carbons (Fsp3) is 0.417. The number of imidazole rings is 1. The average Bonchev–Trinajstić information content (AvgIpc) is 2.94. The third-order valence-electron chi connectivity index (χ3n) is 3.22. The normalized spacial score (nSPS) is 21.6. The molecule has 1 fully saturated rings. The molecule has 2 aromatic rings. The van der Waals surface area contributed by atoms with Crippen molar-refractivity contribution < 1.29 is 4.74 Å². The molecule has 18 heavy (non-hydrogen) atoms. The van der Waals surface area contributed by atoms with Crippen LogP contribution in [0.5, 0.6) is 0 Å². The predicted octanol–water partition coefficient (Wildman–Crippen LogP) is 3.08. The number of ether oxygens (including phenoxy) is 1. The number of benzene rings is 1. The van der Waals surface area contributed by atoms with Crippen molar-refractivity contribution in [2.24, 2.45) is 0 Å². The van der Waals surface area contributed by atoms with E-state index in [-0.39, 0.29) is 17.2 Å². The maximum atomic E-state index is 11.3. The molecule has 1 aromatic heterocycles. The molecular formula is C12H12BrClN2O2. The van der Waals surface area contributed by atoms with Gasteiger partial charge in [0, 0.05) is 11.1 Å². The van der Waals surface area contributed by atoms with Crippen LogP contribution in [0.4, 0.5) is 0 Å². The predicted molar refractivity (Wildman–Crippen MR) is 74.2 cm³/mol. The van der Waals surface area contributed by atoms with Gasteiger partial charge in [0.15, 0.2) is 0 Å². The molecule has 96 valence electrons. The van der Waals surface area contributed by atoms with Gasteiger partial charge in [-0.3, -0.25) is 0 Å². The van der Waals surface area contributed by atoms with E-state index in [2.05, 4.69) is 25.9 Å². The first kappa shape index (κ1) is 12.3. The monoisotopic (exact) mass is 330 g/mol. The molecule has 0 saturated carbocycles. The lowest BCUT2D eigenvalue weighted by molar-refractivity contribution is 0.107. The van der Waals surface area contributed by atoms with Crippen molar-refractivity contribution in [2.45, 2.75) is 24.3 Å². The van der Waals surface area contributed by atoms with E-state index in [0.717, 1.165) is 40.5 Å². The summed E-state index contributed by atoms with van der Waals surface area (Å²) in [6, 6.07) is 3.77. The van der Waals surface area contributed by atoms with Crippen LogP contribution in [0.15, 0.2) is 21.4 Å². The fourth-order valence-corrected chi connectivity index (χ4v) is 3.42. The summed E-state index contributed by atoms with van der Waals surface area (Å²) in [5.41, 5.74) is 2.28. The maximum absolute atomic E-state index is 11.3. The number of fused-ring (bicyclic) bond motifs is 1. The Labute approximate surface area is 117 Å². The van der Waals surface area contributed by atoms with Crippen LogP contribution in [0.1, 0.15) is 23.8 Å². The van der Waals surface area contributed by atoms with Crippen molar-refractivity contribution in [3.8, 4) is 0 Å². The molecule has 4 nitrogen and oxygen atoms in total. The highest BCUT2D eigenvalue weighted by atomic mass is 79.9. The number of nitrogens with one attached hydrogen (secondary N) is 2. The molecule has 2 atom stereocenters. The number of H-pyrrole nitrogens is 2. The standard InChI is InChI=1S/C12H12BrClN2O2/c13-7-5-9-8(15-12(17)16-9)4-6(7)11(14)10-2-1-3-18-10/h4-5,10-11H,1-3H2,(H2,15,16,17). The Morgan fingerprint density at radius 3 is 2.78 bits per heavy atom. The Morgan fingerprint density at radius 2 is 2.11 bits per heavy atom. The van der Waals surface area contributed by atoms with Crippen LogP contribution in [-0.2, 0) is 4.74 Å². The SMILES string of the molecule is O=c1[nH]c2cc(Br)c(C(Cl)C3CCCO3)cc2[nH]1. The lowest BCUT2D eigenvalue weighted by atomic mass is 10.0. The molecule has 0 spiro atoms. The van der Waals surface area contributed by atoms with Crippen molar-refractivity contribution in [3.05, 3.63) is 32.7 Å². The molecule has 1 aliphatic heterocycles. The number of hydrogen-bond acceptors (Lipinski definition) is 2. The molecule has 1 aliphatic rings. The van der Waals surface area contributed by atoms with Gasteiger partial charge in [-0.25, -0.2) is 4.79 Å². The topological polar surface area (TPSA) is 57.9 Å². The summed E-state index contributed by atoms with van der Waals surface area (Å²) in [5, 5.41) is -0.204. The van der Waals surface area contributed by atoms with Gasteiger partial charge in [-0.2, -0.15) is 0 Å². The zero-order valence-corrected chi connectivity index (χ0v) is 11.8. The van der Waals surface area contributed by atoms with Gasteiger partial charge in [0.05, 0.1) is 22.5 Å². The fourth-order valence-electron chi connectivity index (χ4n) is 2.32. The summed E-state index contributed by atoms with van der Waals surface area (Å²) in [7, 11) is 0. The van der Waals surface area contributed by atoms with Gasteiger partial charge in [-0.05, 0) is 30.5 Å². The quantitative estimate of drug-likeness (QED) is 0.831. The average molecular weight is 332 g/mol. The Morgan fingerprint density at radius 1 is 1.39 bits per heavy atom. The summed E-state index contributed by atoms with van der Waals surface area (Å²) in [5.74, 6) is 0. The second-order valence-corrected chi connectivity index (χ2v) is 5.78. The van der Waals surface area contributed by atoms with Crippen LogP contribution in [0.2, 0.25) is 0 Å². The van der Waals surface area contributed by atoms with E-state index in [1.54, 1.807) is 0 Å². The molecule has 3 rings (SSSR count). The van der Waals surface area contributed by atoms with Crippen molar-refractivity contribution >= 4 is 38.6 Å². The number of aromatic amines is 2. The van der Waals surface area contributed by atoms with Crippen LogP contribution in [-0.4, -0.2) is 22.7 Å². The van der Waals surface area contributed by atoms with Gasteiger partial charge < -0.3 is 14.7 Å². The Hall–Kier alpha value is -0.780. The van der Waals surface area contributed by atoms with E-state index in [0.29, 0.717) is 0 Å². The third kappa shape index (κ3) is 2.11. The van der Waals surface area contributed by atoms with E-state index in [4.69, 9.17) is 16.3 Å². The van der Waals surface area contributed by atoms with Gasteiger partial charge in [0.1, 0.15) is 0 Å². The zero-order chi connectivity index (χ0) is 12.7. The third-order valence-corrected chi connectivity index (χ3v) is 4.42. The molecule has 1 saturated heterocycles. The zero-order valence-electron chi connectivity index (χ0n) is 9.50. The van der Waals surface area contributed by atoms with Crippen molar-refractivity contribution in [2.75, 3.05) is 6.61 Å². The lowest BCUT2D eigenvalue weighted by Gasteiger charge is -2.18. The van der Waals surface area contributed by atoms with Gasteiger partial charge in [-0.15, -0.1) is 11.6 Å². The van der Waals surface area contributed by atoms with E-state index in [1.807, 2.05) is 12.1 Å². The van der Waals surface area contributed by atoms with E-state index in [9.17, 15) is 4.79 Å². The Kier molecular flexibility index (Phi) is 3.21. The van der Waals surface area contributed by atoms with Crippen molar-refractivity contribution in [1.29, 1.82) is 0 Å². The number of rotatable bonds is 2.